The predicted octanol–water partition coefficient (Wildman–Crippen LogP) is -1.29. The first-order chi connectivity index (χ1) is 5.63. The van der Waals surface area contributed by atoms with Crippen molar-refractivity contribution in [3.63, 3.8) is 0 Å². The van der Waals surface area contributed by atoms with Gasteiger partial charge in [0.25, 0.3) is 0 Å². The number of nitrogens with zero attached hydrogens (tertiary/aromatic N) is 1. The van der Waals surface area contributed by atoms with Crippen LogP contribution in [0.3, 0.4) is 0 Å². The van der Waals surface area contributed by atoms with E-state index in [-0.39, 0.29) is 11.2 Å². The summed E-state index contributed by atoms with van der Waals surface area (Å²) >= 11 is 0. The second kappa shape index (κ2) is 3.42. The van der Waals surface area contributed by atoms with E-state index < -0.39 is 13.1 Å². The Balaban J connectivity index is 3.14. The highest BCUT2D eigenvalue weighted by atomic mass is 19.1. The summed E-state index contributed by atoms with van der Waals surface area (Å²) in [5, 5.41) is 17.2. The summed E-state index contributed by atoms with van der Waals surface area (Å²) in [7, 11) is -1.79. The van der Waals surface area contributed by atoms with E-state index in [0.29, 0.717) is 6.29 Å². The van der Waals surface area contributed by atoms with Crippen LogP contribution in [0.25, 0.3) is 0 Å². The van der Waals surface area contributed by atoms with Crippen molar-refractivity contribution in [2.24, 2.45) is 0 Å². The summed E-state index contributed by atoms with van der Waals surface area (Å²) in [6, 6.07) is 1.94. The highest BCUT2D eigenvalue weighted by Crippen LogP contribution is 1.93. The Morgan fingerprint density at radius 1 is 1.50 bits per heavy atom. The first kappa shape index (κ1) is 8.83. The Morgan fingerprint density at radius 2 is 2.17 bits per heavy atom. The normalized spacial score (nSPS) is 9.58. The molecule has 4 nitrogen and oxygen atoms in total. The van der Waals surface area contributed by atoms with Gasteiger partial charge < -0.3 is 10.0 Å². The number of aromatic nitrogens is 1. The van der Waals surface area contributed by atoms with E-state index in [9.17, 15) is 9.18 Å². The lowest BCUT2D eigenvalue weighted by atomic mass is 9.81. The molecule has 0 fully saturated rings. The Hall–Kier alpha value is -1.27. The molecule has 2 N–H and O–H groups in total. The van der Waals surface area contributed by atoms with Gasteiger partial charge in [-0.05, 0) is 17.6 Å². The van der Waals surface area contributed by atoms with Crippen molar-refractivity contribution in [1.29, 1.82) is 0 Å². The summed E-state index contributed by atoms with van der Waals surface area (Å²) in [4.78, 5) is 13.3. The van der Waals surface area contributed by atoms with Crippen LogP contribution in [0.5, 0.6) is 0 Å². The minimum Gasteiger partial charge on any atom is -0.423 e. The van der Waals surface area contributed by atoms with Gasteiger partial charge in [-0.1, -0.05) is 0 Å². The average molecular weight is 169 g/mol. The Labute approximate surface area is 67.8 Å². The number of aldehydes is 1. The van der Waals surface area contributed by atoms with Gasteiger partial charge >= 0.3 is 7.12 Å². The summed E-state index contributed by atoms with van der Waals surface area (Å²) in [5.74, 6) is -0.914. The van der Waals surface area contributed by atoms with Gasteiger partial charge in [0.15, 0.2) is 6.29 Å². The molecule has 0 unspecified atom stereocenters. The van der Waals surface area contributed by atoms with Crippen molar-refractivity contribution in [3.05, 3.63) is 23.8 Å². The van der Waals surface area contributed by atoms with Gasteiger partial charge in [0, 0.05) is 0 Å². The summed E-state index contributed by atoms with van der Waals surface area (Å²) in [6.45, 7) is 0. The largest absolute Gasteiger partial charge is 0.488 e. The van der Waals surface area contributed by atoms with E-state index >= 15 is 0 Å². The number of pyridine rings is 1. The fraction of sp³-hybridized carbons (Fsp3) is 0. The molecule has 0 bridgehead atoms. The number of halogens is 1. The van der Waals surface area contributed by atoms with Crippen LogP contribution < -0.4 is 5.46 Å². The van der Waals surface area contributed by atoms with Gasteiger partial charge in [-0.15, -0.1) is 0 Å². The van der Waals surface area contributed by atoms with Crippen LogP contribution in [-0.4, -0.2) is 28.4 Å². The van der Waals surface area contributed by atoms with E-state index in [2.05, 4.69) is 4.98 Å². The van der Waals surface area contributed by atoms with Crippen LogP contribution >= 0.6 is 0 Å². The first-order valence-corrected chi connectivity index (χ1v) is 3.12. The Bertz CT molecular complexity index is 305. The number of carbonyl (C=O) groups is 1. The monoisotopic (exact) mass is 169 g/mol. The van der Waals surface area contributed by atoms with Crippen LogP contribution in [0, 0.1) is 5.95 Å². The van der Waals surface area contributed by atoms with Crippen molar-refractivity contribution in [1.82, 2.24) is 4.98 Å². The molecule has 0 saturated heterocycles. The molecule has 0 amide bonds. The molecule has 1 rings (SSSR count). The van der Waals surface area contributed by atoms with Gasteiger partial charge in [-0.2, -0.15) is 4.39 Å². The second-order valence-corrected chi connectivity index (χ2v) is 2.14. The molecule has 0 saturated carbocycles. The molecule has 0 radical (unpaired) electrons. The molecule has 6 heteroatoms. The SMILES string of the molecule is O=Cc1cc(B(O)O)cc(F)n1. The molecule has 0 aliphatic carbocycles. The summed E-state index contributed by atoms with van der Waals surface area (Å²) in [6.07, 6.45) is 0.328. The lowest BCUT2D eigenvalue weighted by molar-refractivity contribution is 0.111. The van der Waals surface area contributed by atoms with Gasteiger partial charge in [-0.25, -0.2) is 4.98 Å². The quantitative estimate of drug-likeness (QED) is 0.328. The van der Waals surface area contributed by atoms with Crippen molar-refractivity contribution in [2.45, 2.75) is 0 Å². The highest BCUT2D eigenvalue weighted by Gasteiger charge is 2.13. The molecule has 0 atom stereocenters. The maximum atomic E-state index is 12.5. The van der Waals surface area contributed by atoms with Crippen molar-refractivity contribution in [3.8, 4) is 0 Å². The van der Waals surface area contributed by atoms with Gasteiger partial charge in [0.1, 0.15) is 5.69 Å². The number of hydrogen-bond acceptors (Lipinski definition) is 4. The van der Waals surface area contributed by atoms with Crippen LogP contribution in [0.15, 0.2) is 12.1 Å². The van der Waals surface area contributed by atoms with E-state index in [1.807, 2.05) is 0 Å². The smallest absolute Gasteiger partial charge is 0.423 e. The average Bonchev–Trinajstić information content (AvgIpc) is 2.03. The van der Waals surface area contributed by atoms with E-state index in [4.69, 9.17) is 10.0 Å². The third kappa shape index (κ3) is 1.87. The molecule has 0 aromatic carbocycles. The molecule has 0 aliphatic heterocycles. The molecule has 0 aliphatic rings. The highest BCUT2D eigenvalue weighted by molar-refractivity contribution is 6.58. The van der Waals surface area contributed by atoms with E-state index in [1.54, 1.807) is 0 Å². The standard InChI is InChI=1S/C6H5BFNO3/c8-6-2-4(7(11)12)1-5(3-10)9-6/h1-3,11-12H. The van der Waals surface area contributed by atoms with Gasteiger partial charge in [0.2, 0.25) is 5.95 Å². The molecule has 1 aromatic heterocycles. The van der Waals surface area contributed by atoms with Crippen LogP contribution in [0.4, 0.5) is 4.39 Å². The number of rotatable bonds is 2. The van der Waals surface area contributed by atoms with Gasteiger partial charge in [-0.3, -0.25) is 4.79 Å². The Morgan fingerprint density at radius 3 is 2.67 bits per heavy atom. The van der Waals surface area contributed by atoms with Crippen LogP contribution in [-0.2, 0) is 0 Å². The van der Waals surface area contributed by atoms with E-state index in [0.717, 1.165) is 12.1 Å². The molecule has 0 spiro atoms. The van der Waals surface area contributed by atoms with Crippen molar-refractivity contribution >= 4 is 18.9 Å². The predicted molar refractivity (Wildman–Crippen MR) is 39.4 cm³/mol. The van der Waals surface area contributed by atoms with Crippen LogP contribution in [0.2, 0.25) is 0 Å². The fourth-order valence-corrected chi connectivity index (χ4v) is 0.747. The van der Waals surface area contributed by atoms with Crippen molar-refractivity contribution in [2.75, 3.05) is 0 Å². The summed E-state index contributed by atoms with van der Waals surface area (Å²) in [5.41, 5.74) is -0.261. The molecule has 1 aromatic rings. The lowest BCUT2D eigenvalue weighted by Gasteiger charge is -1.98. The van der Waals surface area contributed by atoms with Crippen molar-refractivity contribution < 1.29 is 19.2 Å². The Kier molecular flexibility index (Phi) is 2.52. The molecule has 1 heterocycles. The lowest BCUT2D eigenvalue weighted by Crippen LogP contribution is -2.31. The second-order valence-electron chi connectivity index (χ2n) is 2.14. The topological polar surface area (TPSA) is 70.4 Å². The number of carbonyl (C=O) groups excluding carboxylic acids is 1. The molecule has 12 heavy (non-hydrogen) atoms. The van der Waals surface area contributed by atoms with E-state index in [1.165, 1.54) is 0 Å². The molecular formula is C6H5BFNO3. The van der Waals surface area contributed by atoms with Crippen LogP contribution in [0.1, 0.15) is 10.5 Å². The maximum absolute atomic E-state index is 12.5. The zero-order valence-corrected chi connectivity index (χ0v) is 5.94. The fourth-order valence-electron chi connectivity index (χ4n) is 0.747. The molecule has 62 valence electrons. The minimum absolute atomic E-state index is 0.0930. The summed E-state index contributed by atoms with van der Waals surface area (Å²) < 4.78 is 12.5. The number of hydrogen-bond donors (Lipinski definition) is 2. The molecular weight excluding hydrogens is 164 g/mol. The first-order valence-electron chi connectivity index (χ1n) is 3.12. The maximum Gasteiger partial charge on any atom is 0.488 e. The zero-order chi connectivity index (χ0) is 9.14. The third-order valence-corrected chi connectivity index (χ3v) is 1.26. The zero-order valence-electron chi connectivity index (χ0n) is 5.94. The minimum atomic E-state index is -1.79. The third-order valence-electron chi connectivity index (χ3n) is 1.26. The van der Waals surface area contributed by atoms with Gasteiger partial charge in [0.05, 0.1) is 0 Å².